The predicted octanol–water partition coefficient (Wildman–Crippen LogP) is 2.88. The first-order valence-corrected chi connectivity index (χ1v) is 8.60. The van der Waals surface area contributed by atoms with Crippen molar-refractivity contribution in [3.63, 3.8) is 0 Å². The number of aromatic nitrogens is 1. The Labute approximate surface area is 125 Å². The van der Waals surface area contributed by atoms with Crippen molar-refractivity contribution in [3.8, 4) is 0 Å². The summed E-state index contributed by atoms with van der Waals surface area (Å²) < 4.78 is 0. The maximum Gasteiger partial charge on any atom is 0.251 e. The SMILES string of the molecule is CCCc1cc(C(=O)NCCCCCSC)cc(N)n1. The van der Waals surface area contributed by atoms with Crippen LogP contribution in [0.3, 0.4) is 0 Å². The summed E-state index contributed by atoms with van der Waals surface area (Å²) in [5, 5.41) is 2.94. The number of nitrogen functional groups attached to an aromatic ring is 1. The molecule has 0 saturated heterocycles. The molecule has 0 aromatic carbocycles. The van der Waals surface area contributed by atoms with Crippen molar-refractivity contribution in [2.24, 2.45) is 0 Å². The van der Waals surface area contributed by atoms with Gasteiger partial charge in [0.05, 0.1) is 0 Å². The normalized spacial score (nSPS) is 10.5. The second-order valence-electron chi connectivity index (χ2n) is 4.83. The average Bonchev–Trinajstić information content (AvgIpc) is 2.42. The molecule has 4 nitrogen and oxygen atoms in total. The smallest absolute Gasteiger partial charge is 0.251 e. The molecule has 0 bridgehead atoms. The number of carbonyl (C=O) groups is 1. The summed E-state index contributed by atoms with van der Waals surface area (Å²) in [4.78, 5) is 16.3. The van der Waals surface area contributed by atoms with E-state index in [0.29, 0.717) is 11.4 Å². The molecule has 0 atom stereocenters. The highest BCUT2D eigenvalue weighted by molar-refractivity contribution is 7.98. The number of nitrogens with two attached hydrogens (primary N) is 1. The van der Waals surface area contributed by atoms with Gasteiger partial charge in [0.1, 0.15) is 5.82 Å². The van der Waals surface area contributed by atoms with Gasteiger partial charge in [-0.25, -0.2) is 4.98 Å². The highest BCUT2D eigenvalue weighted by Crippen LogP contribution is 2.10. The third-order valence-corrected chi connectivity index (χ3v) is 3.67. The monoisotopic (exact) mass is 295 g/mol. The van der Waals surface area contributed by atoms with E-state index in [-0.39, 0.29) is 5.91 Å². The molecule has 1 amide bonds. The highest BCUT2D eigenvalue weighted by atomic mass is 32.2. The Kier molecular flexibility index (Phi) is 8.11. The van der Waals surface area contributed by atoms with Gasteiger partial charge < -0.3 is 11.1 Å². The van der Waals surface area contributed by atoms with Crippen LogP contribution in [0.1, 0.15) is 48.7 Å². The van der Waals surface area contributed by atoms with Crippen LogP contribution in [-0.2, 0) is 6.42 Å². The zero-order valence-electron chi connectivity index (χ0n) is 12.4. The topological polar surface area (TPSA) is 68.0 Å². The van der Waals surface area contributed by atoms with Gasteiger partial charge in [-0.2, -0.15) is 11.8 Å². The molecule has 1 heterocycles. The van der Waals surface area contributed by atoms with Crippen LogP contribution in [-0.4, -0.2) is 29.4 Å². The molecule has 0 aliphatic heterocycles. The number of anilines is 1. The minimum atomic E-state index is -0.0543. The number of nitrogens with one attached hydrogen (secondary N) is 1. The van der Waals surface area contributed by atoms with Crippen LogP contribution in [0.4, 0.5) is 5.82 Å². The van der Waals surface area contributed by atoms with E-state index in [2.05, 4.69) is 23.5 Å². The third-order valence-electron chi connectivity index (χ3n) is 2.98. The molecular weight excluding hydrogens is 270 g/mol. The van der Waals surface area contributed by atoms with Crippen molar-refractivity contribution < 1.29 is 4.79 Å². The number of thioether (sulfide) groups is 1. The van der Waals surface area contributed by atoms with Gasteiger partial charge in [0.25, 0.3) is 5.91 Å². The van der Waals surface area contributed by atoms with E-state index in [1.807, 2.05) is 17.8 Å². The lowest BCUT2D eigenvalue weighted by molar-refractivity contribution is 0.0953. The van der Waals surface area contributed by atoms with Gasteiger partial charge in [-0.15, -0.1) is 0 Å². The van der Waals surface area contributed by atoms with Crippen LogP contribution < -0.4 is 11.1 Å². The second-order valence-corrected chi connectivity index (χ2v) is 5.82. The van der Waals surface area contributed by atoms with Crippen LogP contribution in [0.2, 0.25) is 0 Å². The number of aryl methyl sites for hydroxylation is 1. The largest absolute Gasteiger partial charge is 0.384 e. The van der Waals surface area contributed by atoms with E-state index in [1.165, 1.54) is 12.2 Å². The van der Waals surface area contributed by atoms with E-state index < -0.39 is 0 Å². The molecule has 5 heteroatoms. The van der Waals surface area contributed by atoms with Crippen molar-refractivity contribution >= 4 is 23.5 Å². The van der Waals surface area contributed by atoms with E-state index in [1.54, 1.807) is 6.07 Å². The molecule has 0 unspecified atom stereocenters. The summed E-state index contributed by atoms with van der Waals surface area (Å²) in [6, 6.07) is 3.48. The van der Waals surface area contributed by atoms with E-state index >= 15 is 0 Å². The van der Waals surface area contributed by atoms with Gasteiger partial charge in [0, 0.05) is 17.8 Å². The van der Waals surface area contributed by atoms with E-state index in [4.69, 9.17) is 5.73 Å². The Bertz CT molecular complexity index is 424. The highest BCUT2D eigenvalue weighted by Gasteiger charge is 2.08. The predicted molar refractivity (Wildman–Crippen MR) is 87.2 cm³/mol. The summed E-state index contributed by atoms with van der Waals surface area (Å²) in [6.45, 7) is 2.80. The quantitative estimate of drug-likeness (QED) is 0.687. The maximum atomic E-state index is 12.0. The van der Waals surface area contributed by atoms with Crippen molar-refractivity contribution in [1.82, 2.24) is 10.3 Å². The van der Waals surface area contributed by atoms with Crippen molar-refractivity contribution in [3.05, 3.63) is 23.4 Å². The van der Waals surface area contributed by atoms with Crippen LogP contribution in [0.25, 0.3) is 0 Å². The van der Waals surface area contributed by atoms with Crippen LogP contribution >= 0.6 is 11.8 Å². The first kappa shape index (κ1) is 16.8. The summed E-state index contributed by atoms with van der Waals surface area (Å²) in [6.07, 6.45) is 7.34. The lowest BCUT2D eigenvalue weighted by Gasteiger charge is -2.07. The van der Waals surface area contributed by atoms with Gasteiger partial charge in [-0.3, -0.25) is 4.79 Å². The number of unbranched alkanes of at least 4 members (excludes halogenated alkanes) is 2. The van der Waals surface area contributed by atoms with Crippen molar-refractivity contribution in [1.29, 1.82) is 0 Å². The molecule has 0 aliphatic rings. The number of amides is 1. The second kappa shape index (κ2) is 9.64. The molecule has 0 saturated carbocycles. The molecule has 112 valence electrons. The van der Waals surface area contributed by atoms with Gasteiger partial charge in [0.15, 0.2) is 0 Å². The Hall–Kier alpha value is -1.23. The first-order valence-electron chi connectivity index (χ1n) is 7.21. The summed E-state index contributed by atoms with van der Waals surface area (Å²) in [5.41, 5.74) is 7.25. The van der Waals surface area contributed by atoms with Crippen LogP contribution in [0.5, 0.6) is 0 Å². The lowest BCUT2D eigenvalue weighted by atomic mass is 10.1. The fourth-order valence-electron chi connectivity index (χ4n) is 1.98. The van der Waals surface area contributed by atoms with Gasteiger partial charge >= 0.3 is 0 Å². The molecule has 0 aliphatic carbocycles. The van der Waals surface area contributed by atoms with Crippen molar-refractivity contribution in [2.75, 3.05) is 24.3 Å². The standard InChI is InChI=1S/C15H25N3OS/c1-3-7-13-10-12(11-14(16)18-13)15(19)17-8-5-4-6-9-20-2/h10-11H,3-9H2,1-2H3,(H2,16,18)(H,17,19). The summed E-state index contributed by atoms with van der Waals surface area (Å²) in [5.74, 6) is 1.55. The third kappa shape index (κ3) is 6.28. The molecule has 3 N–H and O–H groups in total. The molecule has 0 spiro atoms. The Morgan fingerprint density at radius 1 is 1.35 bits per heavy atom. The number of carbonyl (C=O) groups excluding carboxylic acids is 1. The zero-order valence-corrected chi connectivity index (χ0v) is 13.3. The lowest BCUT2D eigenvalue weighted by Crippen LogP contribution is -2.25. The average molecular weight is 295 g/mol. The van der Waals surface area contributed by atoms with E-state index in [0.717, 1.165) is 37.9 Å². The van der Waals surface area contributed by atoms with Crippen LogP contribution in [0.15, 0.2) is 12.1 Å². The number of nitrogens with zero attached hydrogens (tertiary/aromatic N) is 1. The number of pyridine rings is 1. The van der Waals surface area contributed by atoms with Crippen molar-refractivity contribution in [2.45, 2.75) is 39.0 Å². The molecule has 20 heavy (non-hydrogen) atoms. The molecule has 0 fully saturated rings. The maximum absolute atomic E-state index is 12.0. The minimum Gasteiger partial charge on any atom is -0.384 e. The molecule has 1 aromatic heterocycles. The van der Waals surface area contributed by atoms with Gasteiger partial charge in [-0.05, 0) is 43.4 Å². The Morgan fingerprint density at radius 3 is 2.85 bits per heavy atom. The van der Waals surface area contributed by atoms with Gasteiger partial charge in [-0.1, -0.05) is 19.8 Å². The van der Waals surface area contributed by atoms with E-state index in [9.17, 15) is 4.79 Å². The summed E-state index contributed by atoms with van der Waals surface area (Å²) >= 11 is 1.86. The zero-order chi connectivity index (χ0) is 14.8. The summed E-state index contributed by atoms with van der Waals surface area (Å²) in [7, 11) is 0. The number of hydrogen-bond donors (Lipinski definition) is 2. The minimum absolute atomic E-state index is 0.0543. The number of hydrogen-bond acceptors (Lipinski definition) is 4. The molecule has 1 aromatic rings. The first-order chi connectivity index (χ1) is 9.67. The van der Waals surface area contributed by atoms with Crippen LogP contribution in [0, 0.1) is 0 Å². The Morgan fingerprint density at radius 2 is 2.15 bits per heavy atom. The van der Waals surface area contributed by atoms with Gasteiger partial charge in [0.2, 0.25) is 0 Å². The molecular formula is C15H25N3OS. The number of rotatable bonds is 9. The Balaban J connectivity index is 2.42. The molecule has 0 radical (unpaired) electrons. The fraction of sp³-hybridized carbons (Fsp3) is 0.600. The fourth-order valence-corrected chi connectivity index (χ4v) is 2.47. The molecule has 1 rings (SSSR count).